The Morgan fingerprint density at radius 1 is 1.40 bits per heavy atom. The molecule has 0 aliphatic carbocycles. The van der Waals surface area contributed by atoms with Crippen LogP contribution in [0.5, 0.6) is 5.75 Å². The fourth-order valence-corrected chi connectivity index (χ4v) is 4.48. The maximum atomic E-state index is 12.3. The van der Waals surface area contributed by atoms with Gasteiger partial charge in [0.2, 0.25) is 0 Å². The zero-order valence-corrected chi connectivity index (χ0v) is 12.5. The first-order chi connectivity index (χ1) is 9.35. The molecule has 1 N–H and O–H groups in total. The second-order valence-electron chi connectivity index (χ2n) is 5.29. The third-order valence-electron chi connectivity index (χ3n) is 3.35. The van der Waals surface area contributed by atoms with Gasteiger partial charge in [0.05, 0.1) is 29.2 Å². The molecule has 1 aromatic carbocycles. The van der Waals surface area contributed by atoms with Crippen LogP contribution < -0.4 is 10.1 Å². The average Bonchev–Trinajstić information content (AvgIpc) is 2.64. The summed E-state index contributed by atoms with van der Waals surface area (Å²) in [5, 5.41) is 2.83. The minimum Gasteiger partial charge on any atom is -0.493 e. The van der Waals surface area contributed by atoms with Crippen molar-refractivity contribution in [3.05, 3.63) is 29.8 Å². The second-order valence-corrected chi connectivity index (χ2v) is 7.47. The Bertz CT molecular complexity index is 611. The van der Waals surface area contributed by atoms with Crippen molar-refractivity contribution in [3.8, 4) is 5.75 Å². The number of carbonyl (C=O) groups is 1. The normalized spacial score (nSPS) is 24.3. The number of carbonyl (C=O) groups excluding carboxylic acids is 1. The van der Waals surface area contributed by atoms with Crippen molar-refractivity contribution < 1.29 is 17.9 Å². The maximum Gasteiger partial charge on any atom is 0.255 e. The number of nitrogens with one attached hydrogen (secondary N) is 1. The van der Waals surface area contributed by atoms with Crippen LogP contribution in [0.1, 0.15) is 30.6 Å². The van der Waals surface area contributed by atoms with Crippen molar-refractivity contribution in [2.45, 2.75) is 25.8 Å². The number of para-hydroxylation sites is 1. The molecule has 1 aliphatic rings. The standard InChI is InChI=1S/C14H19NO4S/c1-3-19-12-7-5-4-6-11(12)13(16)15-14(2)8-9-20(17,18)10-14/h4-7H,3,8-10H2,1-2H3,(H,15,16). The van der Waals surface area contributed by atoms with Crippen LogP contribution in [-0.2, 0) is 9.84 Å². The number of hydrogen-bond donors (Lipinski definition) is 1. The van der Waals surface area contributed by atoms with Crippen LogP contribution in [-0.4, -0.2) is 38.0 Å². The van der Waals surface area contributed by atoms with Gasteiger partial charge in [0.1, 0.15) is 5.75 Å². The third-order valence-corrected chi connectivity index (χ3v) is 5.25. The first kappa shape index (κ1) is 14.8. The molecular formula is C14H19NO4S. The second kappa shape index (κ2) is 5.44. The van der Waals surface area contributed by atoms with Gasteiger partial charge in [-0.3, -0.25) is 4.79 Å². The van der Waals surface area contributed by atoms with E-state index in [1.165, 1.54) is 0 Å². The van der Waals surface area contributed by atoms with E-state index in [0.717, 1.165) is 0 Å². The molecule has 1 fully saturated rings. The Kier molecular flexibility index (Phi) is 4.04. The van der Waals surface area contributed by atoms with Gasteiger partial charge < -0.3 is 10.1 Å². The molecule has 1 aliphatic heterocycles. The lowest BCUT2D eigenvalue weighted by Gasteiger charge is -2.24. The highest BCUT2D eigenvalue weighted by molar-refractivity contribution is 7.91. The molecule has 0 saturated carbocycles. The number of sulfone groups is 1. The monoisotopic (exact) mass is 297 g/mol. The summed E-state index contributed by atoms with van der Waals surface area (Å²) in [6.07, 6.45) is 0.442. The van der Waals surface area contributed by atoms with Crippen molar-refractivity contribution in [2.75, 3.05) is 18.1 Å². The van der Waals surface area contributed by atoms with E-state index in [2.05, 4.69) is 5.32 Å². The highest BCUT2D eigenvalue weighted by atomic mass is 32.2. The molecule has 1 heterocycles. The predicted octanol–water partition coefficient (Wildman–Crippen LogP) is 1.39. The lowest BCUT2D eigenvalue weighted by atomic mass is 10.0. The van der Waals surface area contributed by atoms with Crippen molar-refractivity contribution in [3.63, 3.8) is 0 Å². The van der Waals surface area contributed by atoms with Gasteiger partial charge >= 0.3 is 0 Å². The van der Waals surface area contributed by atoms with Gasteiger partial charge in [-0.15, -0.1) is 0 Å². The number of hydrogen-bond acceptors (Lipinski definition) is 4. The third kappa shape index (κ3) is 3.30. The summed E-state index contributed by atoms with van der Waals surface area (Å²) in [5.74, 6) is 0.324. The summed E-state index contributed by atoms with van der Waals surface area (Å²) < 4.78 is 28.5. The molecule has 1 saturated heterocycles. The molecule has 20 heavy (non-hydrogen) atoms. The van der Waals surface area contributed by atoms with E-state index in [0.29, 0.717) is 24.3 Å². The Morgan fingerprint density at radius 2 is 2.10 bits per heavy atom. The van der Waals surface area contributed by atoms with Gasteiger partial charge in [-0.05, 0) is 32.4 Å². The number of rotatable bonds is 4. The summed E-state index contributed by atoms with van der Waals surface area (Å²) in [6.45, 7) is 4.08. The smallest absolute Gasteiger partial charge is 0.255 e. The highest BCUT2D eigenvalue weighted by Gasteiger charge is 2.39. The molecule has 110 valence electrons. The summed E-state index contributed by atoms with van der Waals surface area (Å²) in [4.78, 5) is 12.3. The van der Waals surface area contributed by atoms with Crippen LogP contribution in [0.2, 0.25) is 0 Å². The Balaban J connectivity index is 2.17. The molecule has 0 aromatic heterocycles. The quantitative estimate of drug-likeness (QED) is 0.911. The van der Waals surface area contributed by atoms with Gasteiger partial charge in [0, 0.05) is 0 Å². The van der Waals surface area contributed by atoms with E-state index in [1.54, 1.807) is 31.2 Å². The van der Waals surface area contributed by atoms with Crippen molar-refractivity contribution >= 4 is 15.7 Å². The predicted molar refractivity (Wildman–Crippen MR) is 76.8 cm³/mol. The molecular weight excluding hydrogens is 278 g/mol. The molecule has 5 nitrogen and oxygen atoms in total. The molecule has 0 spiro atoms. The molecule has 1 atom stereocenters. The minimum atomic E-state index is -3.05. The van der Waals surface area contributed by atoms with Crippen molar-refractivity contribution in [1.29, 1.82) is 0 Å². The van der Waals surface area contributed by atoms with Gasteiger partial charge in [-0.25, -0.2) is 8.42 Å². The van der Waals surface area contributed by atoms with E-state index in [9.17, 15) is 13.2 Å². The van der Waals surface area contributed by atoms with Gasteiger partial charge in [-0.2, -0.15) is 0 Å². The van der Waals surface area contributed by atoms with Gasteiger partial charge in [0.25, 0.3) is 5.91 Å². The number of benzene rings is 1. The topological polar surface area (TPSA) is 72.5 Å². The SMILES string of the molecule is CCOc1ccccc1C(=O)NC1(C)CCS(=O)(=O)C1. The first-order valence-electron chi connectivity index (χ1n) is 6.60. The molecule has 1 amide bonds. The molecule has 0 radical (unpaired) electrons. The lowest BCUT2D eigenvalue weighted by Crippen LogP contribution is -2.47. The minimum absolute atomic E-state index is 0.0114. The Labute approximate surface area is 119 Å². The van der Waals surface area contributed by atoms with Crippen LogP contribution in [0.3, 0.4) is 0 Å². The van der Waals surface area contributed by atoms with Crippen LogP contribution >= 0.6 is 0 Å². The van der Waals surface area contributed by atoms with Crippen LogP contribution in [0.15, 0.2) is 24.3 Å². The number of amides is 1. The zero-order valence-electron chi connectivity index (χ0n) is 11.7. The van der Waals surface area contributed by atoms with Crippen LogP contribution in [0, 0.1) is 0 Å². The Morgan fingerprint density at radius 3 is 2.70 bits per heavy atom. The lowest BCUT2D eigenvalue weighted by molar-refractivity contribution is 0.0911. The zero-order chi connectivity index (χ0) is 14.8. The first-order valence-corrected chi connectivity index (χ1v) is 8.42. The van der Waals surface area contributed by atoms with E-state index in [1.807, 2.05) is 6.92 Å². The molecule has 0 bridgehead atoms. The van der Waals surface area contributed by atoms with Gasteiger partial charge in [0.15, 0.2) is 9.84 Å². The molecule has 1 unspecified atom stereocenters. The summed E-state index contributed by atoms with van der Waals surface area (Å²) in [5.41, 5.74) is -0.269. The van der Waals surface area contributed by atoms with Crippen LogP contribution in [0.4, 0.5) is 0 Å². The van der Waals surface area contributed by atoms with Crippen molar-refractivity contribution in [2.24, 2.45) is 0 Å². The largest absolute Gasteiger partial charge is 0.493 e. The maximum absolute atomic E-state index is 12.3. The number of ether oxygens (including phenoxy) is 1. The molecule has 6 heteroatoms. The summed E-state index contributed by atoms with van der Waals surface area (Å²) in [6, 6.07) is 6.95. The fourth-order valence-electron chi connectivity index (χ4n) is 2.39. The van der Waals surface area contributed by atoms with E-state index < -0.39 is 15.4 Å². The summed E-state index contributed by atoms with van der Waals surface area (Å²) in [7, 11) is -3.05. The Hall–Kier alpha value is -1.56. The van der Waals surface area contributed by atoms with Crippen molar-refractivity contribution in [1.82, 2.24) is 5.32 Å². The molecule has 1 aromatic rings. The highest BCUT2D eigenvalue weighted by Crippen LogP contribution is 2.25. The summed E-state index contributed by atoms with van der Waals surface area (Å²) >= 11 is 0. The van der Waals surface area contributed by atoms with E-state index in [-0.39, 0.29) is 17.4 Å². The van der Waals surface area contributed by atoms with E-state index in [4.69, 9.17) is 4.74 Å². The van der Waals surface area contributed by atoms with E-state index >= 15 is 0 Å². The fraction of sp³-hybridized carbons (Fsp3) is 0.500. The van der Waals surface area contributed by atoms with Crippen LogP contribution in [0.25, 0.3) is 0 Å². The average molecular weight is 297 g/mol. The molecule has 2 rings (SSSR count). The van der Waals surface area contributed by atoms with Gasteiger partial charge in [-0.1, -0.05) is 12.1 Å².